The molecule has 9 heteroatoms. The predicted octanol–water partition coefficient (Wildman–Crippen LogP) is 3.70. The minimum atomic E-state index is -4.16. The number of benzene rings is 2. The van der Waals surface area contributed by atoms with Gasteiger partial charge in [0.15, 0.2) is 0 Å². The van der Waals surface area contributed by atoms with Crippen molar-refractivity contribution in [2.24, 2.45) is 11.8 Å². The zero-order valence-corrected chi connectivity index (χ0v) is 19.2. The molecule has 1 unspecified atom stereocenters. The summed E-state index contributed by atoms with van der Waals surface area (Å²) in [5, 5.41) is 9.85. The van der Waals surface area contributed by atoms with Crippen molar-refractivity contribution in [3.05, 3.63) is 52.8 Å². The molecule has 176 valence electrons. The number of fused-ring (bicyclic) bond motifs is 3. The smallest absolute Gasteiger partial charge is 0.341 e. The van der Waals surface area contributed by atoms with Gasteiger partial charge in [-0.15, -0.1) is 0 Å². The lowest BCUT2D eigenvalue weighted by atomic mass is 9.98. The summed E-state index contributed by atoms with van der Waals surface area (Å²) in [6.45, 7) is 5.22. The molecule has 2 N–H and O–H groups in total. The number of aromatic carboxylic acids is 1. The lowest BCUT2D eigenvalue weighted by Crippen LogP contribution is -2.22. The molecular formula is C24H27FN2O5S. The SMILES string of the molecule is CCN1CCC(Cc2cc(F)ccc2S(=O)(=O)Nc2ccc3c(c2C(=O)O)OC[C@H]2C[C@@H]32)C1. The van der Waals surface area contributed by atoms with E-state index in [-0.39, 0.29) is 33.7 Å². The van der Waals surface area contributed by atoms with E-state index in [1.165, 1.54) is 18.2 Å². The molecule has 5 rings (SSSR count). The molecule has 3 atom stereocenters. The molecule has 0 amide bonds. The lowest BCUT2D eigenvalue weighted by Gasteiger charge is -2.21. The highest BCUT2D eigenvalue weighted by Crippen LogP contribution is 2.55. The number of halogens is 1. The van der Waals surface area contributed by atoms with Crippen molar-refractivity contribution in [3.63, 3.8) is 0 Å². The summed E-state index contributed by atoms with van der Waals surface area (Å²) in [4.78, 5) is 14.3. The van der Waals surface area contributed by atoms with E-state index in [9.17, 15) is 22.7 Å². The van der Waals surface area contributed by atoms with Gasteiger partial charge in [-0.2, -0.15) is 0 Å². The van der Waals surface area contributed by atoms with Crippen molar-refractivity contribution in [2.75, 3.05) is 31.0 Å². The number of rotatable bonds is 7. The second-order valence-corrected chi connectivity index (χ2v) is 10.9. The van der Waals surface area contributed by atoms with Crippen LogP contribution in [0, 0.1) is 17.7 Å². The van der Waals surface area contributed by atoms with Crippen LogP contribution in [0.15, 0.2) is 35.2 Å². The number of anilines is 1. The monoisotopic (exact) mass is 474 g/mol. The van der Waals surface area contributed by atoms with Crippen LogP contribution in [-0.4, -0.2) is 50.6 Å². The number of carboxylic acid groups (broad SMARTS) is 1. The highest BCUT2D eigenvalue weighted by molar-refractivity contribution is 7.92. The zero-order valence-electron chi connectivity index (χ0n) is 18.4. The molecule has 2 heterocycles. The first-order chi connectivity index (χ1) is 15.8. The molecule has 1 saturated carbocycles. The average Bonchev–Trinajstić information content (AvgIpc) is 3.43. The van der Waals surface area contributed by atoms with Gasteiger partial charge in [0.2, 0.25) is 0 Å². The zero-order chi connectivity index (χ0) is 23.3. The molecule has 2 fully saturated rings. The van der Waals surface area contributed by atoms with Crippen LogP contribution in [0.3, 0.4) is 0 Å². The summed E-state index contributed by atoms with van der Waals surface area (Å²) >= 11 is 0. The van der Waals surface area contributed by atoms with Crippen LogP contribution < -0.4 is 9.46 Å². The summed E-state index contributed by atoms with van der Waals surface area (Å²) in [5.74, 6) is -0.599. The second-order valence-electron chi connectivity index (χ2n) is 9.23. The summed E-state index contributed by atoms with van der Waals surface area (Å²) < 4.78 is 48.9. The number of carboxylic acids is 1. The predicted molar refractivity (Wildman–Crippen MR) is 121 cm³/mol. The van der Waals surface area contributed by atoms with E-state index in [0.717, 1.165) is 44.1 Å². The molecule has 0 bridgehead atoms. The topological polar surface area (TPSA) is 95.9 Å². The highest BCUT2D eigenvalue weighted by atomic mass is 32.2. The molecule has 0 aromatic heterocycles. The lowest BCUT2D eigenvalue weighted by molar-refractivity contribution is 0.0692. The Morgan fingerprint density at radius 3 is 2.85 bits per heavy atom. The second kappa shape index (κ2) is 8.29. The first-order valence-corrected chi connectivity index (χ1v) is 12.8. The number of likely N-dealkylation sites (tertiary alicyclic amines) is 1. The van der Waals surface area contributed by atoms with Gasteiger partial charge in [-0.3, -0.25) is 4.72 Å². The van der Waals surface area contributed by atoms with Crippen molar-refractivity contribution < 1.29 is 27.4 Å². The fraction of sp³-hybridized carbons (Fsp3) is 0.458. The van der Waals surface area contributed by atoms with Crippen LogP contribution in [0.1, 0.15) is 47.2 Å². The maximum absolute atomic E-state index is 14.1. The number of hydrogen-bond acceptors (Lipinski definition) is 5. The van der Waals surface area contributed by atoms with Crippen LogP contribution >= 0.6 is 0 Å². The largest absolute Gasteiger partial charge is 0.492 e. The fourth-order valence-electron chi connectivity index (χ4n) is 5.19. The van der Waals surface area contributed by atoms with E-state index in [1.54, 1.807) is 6.07 Å². The summed E-state index contributed by atoms with van der Waals surface area (Å²) in [6.07, 6.45) is 2.31. The number of carbonyl (C=O) groups is 1. The third-order valence-electron chi connectivity index (χ3n) is 7.05. The molecule has 2 aromatic carbocycles. The van der Waals surface area contributed by atoms with E-state index in [0.29, 0.717) is 24.5 Å². The van der Waals surface area contributed by atoms with E-state index < -0.39 is 21.8 Å². The van der Waals surface area contributed by atoms with Crippen LogP contribution in [0.5, 0.6) is 5.75 Å². The van der Waals surface area contributed by atoms with Crippen LogP contribution in [0.2, 0.25) is 0 Å². The molecule has 33 heavy (non-hydrogen) atoms. The Kier molecular flexibility index (Phi) is 5.56. The Bertz CT molecular complexity index is 1220. The van der Waals surface area contributed by atoms with E-state index >= 15 is 0 Å². The summed E-state index contributed by atoms with van der Waals surface area (Å²) in [7, 11) is -4.16. The van der Waals surface area contributed by atoms with Gasteiger partial charge >= 0.3 is 5.97 Å². The number of ether oxygens (including phenoxy) is 1. The highest BCUT2D eigenvalue weighted by Gasteiger charge is 2.45. The number of hydrogen-bond donors (Lipinski definition) is 2. The molecule has 3 aliphatic rings. The minimum absolute atomic E-state index is 0.0314. The van der Waals surface area contributed by atoms with Gasteiger partial charge < -0.3 is 14.7 Å². The minimum Gasteiger partial charge on any atom is -0.492 e. The van der Waals surface area contributed by atoms with Gasteiger partial charge in [-0.1, -0.05) is 13.0 Å². The Hall–Kier alpha value is -2.65. The van der Waals surface area contributed by atoms with Crippen LogP contribution in [-0.2, 0) is 16.4 Å². The molecular weight excluding hydrogens is 447 g/mol. The molecule has 2 aliphatic heterocycles. The van der Waals surface area contributed by atoms with E-state index in [2.05, 4.69) is 16.5 Å². The van der Waals surface area contributed by atoms with Gasteiger partial charge in [-0.05, 0) is 79.6 Å². The maximum Gasteiger partial charge on any atom is 0.341 e. The van der Waals surface area contributed by atoms with Crippen molar-refractivity contribution in [1.82, 2.24) is 4.90 Å². The molecule has 0 spiro atoms. The average molecular weight is 475 g/mol. The molecule has 2 aromatic rings. The molecule has 7 nitrogen and oxygen atoms in total. The maximum atomic E-state index is 14.1. The van der Waals surface area contributed by atoms with Gasteiger partial charge in [-0.25, -0.2) is 17.6 Å². The van der Waals surface area contributed by atoms with Gasteiger partial charge in [0.1, 0.15) is 17.1 Å². The van der Waals surface area contributed by atoms with Crippen molar-refractivity contribution in [2.45, 2.75) is 37.0 Å². The normalized spacial score (nSPS) is 24.0. The van der Waals surface area contributed by atoms with Crippen molar-refractivity contribution >= 4 is 21.7 Å². The van der Waals surface area contributed by atoms with Crippen LogP contribution in [0.4, 0.5) is 10.1 Å². The quantitative estimate of drug-likeness (QED) is 0.635. The first-order valence-electron chi connectivity index (χ1n) is 11.3. The molecule has 1 aliphatic carbocycles. The Morgan fingerprint density at radius 2 is 2.12 bits per heavy atom. The van der Waals surface area contributed by atoms with Crippen molar-refractivity contribution in [3.8, 4) is 5.75 Å². The third-order valence-corrected chi connectivity index (χ3v) is 8.51. The summed E-state index contributed by atoms with van der Waals surface area (Å²) in [5.41, 5.74) is 0.987. The van der Waals surface area contributed by atoms with E-state index in [4.69, 9.17) is 4.74 Å². The molecule has 1 saturated heterocycles. The van der Waals surface area contributed by atoms with Crippen LogP contribution in [0.25, 0.3) is 0 Å². The van der Waals surface area contributed by atoms with Gasteiger partial charge in [0, 0.05) is 12.5 Å². The number of sulfonamides is 1. The Morgan fingerprint density at radius 1 is 1.30 bits per heavy atom. The first kappa shape index (κ1) is 22.2. The number of nitrogens with one attached hydrogen (secondary N) is 1. The number of nitrogens with zero attached hydrogens (tertiary/aromatic N) is 1. The Labute approximate surface area is 192 Å². The fourth-order valence-corrected chi connectivity index (χ4v) is 6.50. The standard InChI is InChI=1S/C24H27FN2O5S/c1-2-27-8-7-14(12-27)9-15-10-17(25)3-6-21(15)33(30,31)26-20-5-4-18-19-11-16(19)13-32-23(18)22(20)24(28)29/h3-6,10,14,16,19,26H,2,7-9,11-13H2,1H3,(H,28,29)/t14?,16-,19-/m1/s1. The molecule has 0 radical (unpaired) electrons. The third kappa shape index (κ3) is 4.19. The van der Waals surface area contributed by atoms with Gasteiger partial charge in [0.25, 0.3) is 10.0 Å². The Balaban J connectivity index is 1.47. The van der Waals surface area contributed by atoms with Gasteiger partial charge in [0.05, 0.1) is 17.2 Å². The van der Waals surface area contributed by atoms with Crippen molar-refractivity contribution in [1.29, 1.82) is 0 Å². The summed E-state index contributed by atoms with van der Waals surface area (Å²) in [6, 6.07) is 6.87. The van der Waals surface area contributed by atoms with E-state index in [1.807, 2.05) is 0 Å².